The minimum Gasteiger partial charge on any atom is -0.478 e. The van der Waals surface area contributed by atoms with Gasteiger partial charge in [0.25, 0.3) is 0 Å². The van der Waals surface area contributed by atoms with E-state index in [0.29, 0.717) is 5.69 Å². The van der Waals surface area contributed by atoms with Crippen molar-refractivity contribution in [3.63, 3.8) is 0 Å². The van der Waals surface area contributed by atoms with Crippen LogP contribution in [-0.2, 0) is 4.74 Å². The lowest BCUT2D eigenvalue weighted by Gasteiger charge is -2.27. The Kier molecular flexibility index (Phi) is 3.92. The van der Waals surface area contributed by atoms with Gasteiger partial charge in [0.2, 0.25) is 0 Å². The van der Waals surface area contributed by atoms with Gasteiger partial charge < -0.3 is 14.8 Å². The topological polar surface area (TPSA) is 92.3 Å². The second-order valence-electron chi connectivity index (χ2n) is 6.43. The molecule has 1 saturated heterocycles. The summed E-state index contributed by atoms with van der Waals surface area (Å²) in [4.78, 5) is 29.2. The van der Waals surface area contributed by atoms with Crippen LogP contribution in [0.25, 0.3) is 0 Å². The molecule has 1 fully saturated rings. The number of ether oxygens (including phenoxy) is 1. The molecule has 6 nitrogen and oxygen atoms in total. The molecule has 1 aromatic heterocycles. The molecule has 2 heterocycles. The summed E-state index contributed by atoms with van der Waals surface area (Å²) >= 11 is 1.31. The number of carbonyl (C=O) groups is 1. The zero-order chi connectivity index (χ0) is 16.0. The van der Waals surface area contributed by atoms with Gasteiger partial charge in [-0.15, -0.1) is 0 Å². The number of carboxylic acid groups (broad SMARTS) is 1. The smallest absolute Gasteiger partial charge is 0.346 e. The Hall–Kier alpha value is -1.34. The van der Waals surface area contributed by atoms with Crippen molar-refractivity contribution >= 4 is 17.7 Å². The number of thioether (sulfide) groups is 1. The maximum atomic E-state index is 11.5. The van der Waals surface area contributed by atoms with Crippen molar-refractivity contribution in [1.29, 1.82) is 0 Å². The molecule has 1 aliphatic rings. The van der Waals surface area contributed by atoms with Crippen LogP contribution >= 0.6 is 11.8 Å². The first kappa shape index (κ1) is 16.0. The monoisotopic (exact) mass is 312 g/mol. The number of aromatic amines is 1. The van der Waals surface area contributed by atoms with Gasteiger partial charge in [-0.3, -0.25) is 0 Å². The van der Waals surface area contributed by atoms with Crippen LogP contribution in [0.2, 0.25) is 0 Å². The van der Waals surface area contributed by atoms with E-state index in [9.17, 15) is 14.7 Å². The van der Waals surface area contributed by atoms with Gasteiger partial charge in [-0.2, -0.15) is 4.98 Å². The first-order valence-corrected chi connectivity index (χ1v) is 7.61. The van der Waals surface area contributed by atoms with Gasteiger partial charge in [-0.05, 0) is 41.0 Å². The Labute approximate surface area is 127 Å². The maximum absolute atomic E-state index is 11.5. The maximum Gasteiger partial charge on any atom is 0.346 e. The fraction of sp³-hybridized carbons (Fsp3) is 0.643. The predicted molar refractivity (Wildman–Crippen MR) is 80.1 cm³/mol. The molecule has 0 aromatic carbocycles. The fourth-order valence-electron chi connectivity index (χ4n) is 2.73. The molecule has 2 rings (SSSR count). The van der Waals surface area contributed by atoms with Gasteiger partial charge in [0.1, 0.15) is 10.6 Å². The molecule has 0 bridgehead atoms. The summed E-state index contributed by atoms with van der Waals surface area (Å²) in [5, 5.41) is 9.62. The van der Waals surface area contributed by atoms with Crippen molar-refractivity contribution in [2.45, 2.75) is 62.5 Å². The van der Waals surface area contributed by atoms with Crippen molar-refractivity contribution in [1.82, 2.24) is 9.97 Å². The molecule has 116 valence electrons. The third kappa shape index (κ3) is 3.29. The zero-order valence-corrected chi connectivity index (χ0v) is 13.6. The minimum absolute atomic E-state index is 0.0271. The van der Waals surface area contributed by atoms with E-state index in [2.05, 4.69) is 9.97 Å². The normalized spacial score (nSPS) is 23.2. The van der Waals surface area contributed by atoms with Crippen molar-refractivity contribution in [3.05, 3.63) is 21.7 Å². The highest BCUT2D eigenvalue weighted by atomic mass is 32.2. The highest BCUT2D eigenvalue weighted by molar-refractivity contribution is 8.00. The number of hydrogen-bond acceptors (Lipinski definition) is 5. The zero-order valence-electron chi connectivity index (χ0n) is 12.8. The first-order valence-electron chi connectivity index (χ1n) is 6.73. The fourth-order valence-corrected chi connectivity index (χ4v) is 4.31. The van der Waals surface area contributed by atoms with E-state index in [1.54, 1.807) is 6.92 Å². The van der Waals surface area contributed by atoms with Crippen molar-refractivity contribution in [2.75, 3.05) is 0 Å². The number of aryl methyl sites for hydroxylation is 1. The van der Waals surface area contributed by atoms with Gasteiger partial charge >= 0.3 is 11.7 Å². The number of aromatic nitrogens is 2. The van der Waals surface area contributed by atoms with Gasteiger partial charge in [0.05, 0.1) is 11.2 Å². The van der Waals surface area contributed by atoms with E-state index in [1.807, 2.05) is 27.7 Å². The predicted octanol–water partition coefficient (Wildman–Crippen LogP) is 2.21. The van der Waals surface area contributed by atoms with Crippen LogP contribution in [-0.4, -0.2) is 37.5 Å². The summed E-state index contributed by atoms with van der Waals surface area (Å²) in [5.74, 6) is -1.09. The lowest BCUT2D eigenvalue weighted by Crippen LogP contribution is -2.31. The van der Waals surface area contributed by atoms with Crippen LogP contribution in [0.5, 0.6) is 0 Å². The van der Waals surface area contributed by atoms with Gasteiger partial charge in [-0.25, -0.2) is 9.59 Å². The van der Waals surface area contributed by atoms with E-state index < -0.39 is 17.3 Å². The second kappa shape index (κ2) is 5.14. The molecule has 0 spiro atoms. The molecule has 7 heteroatoms. The van der Waals surface area contributed by atoms with Gasteiger partial charge in [0, 0.05) is 10.9 Å². The molecule has 0 amide bonds. The van der Waals surface area contributed by atoms with Crippen LogP contribution in [0.1, 0.15) is 50.2 Å². The largest absolute Gasteiger partial charge is 0.478 e. The summed E-state index contributed by atoms with van der Waals surface area (Å²) in [6.07, 6.45) is 0.761. The number of aromatic carboxylic acids is 1. The van der Waals surface area contributed by atoms with Crippen LogP contribution < -0.4 is 5.69 Å². The highest BCUT2D eigenvalue weighted by Gasteiger charge is 2.46. The van der Waals surface area contributed by atoms with Crippen molar-refractivity contribution in [2.24, 2.45) is 0 Å². The van der Waals surface area contributed by atoms with Crippen molar-refractivity contribution in [3.8, 4) is 0 Å². The van der Waals surface area contributed by atoms with Gasteiger partial charge in [-0.1, -0.05) is 11.8 Å². The summed E-state index contributed by atoms with van der Waals surface area (Å²) in [7, 11) is 0. The molecule has 21 heavy (non-hydrogen) atoms. The first-order chi connectivity index (χ1) is 9.52. The van der Waals surface area contributed by atoms with E-state index in [4.69, 9.17) is 4.74 Å². The van der Waals surface area contributed by atoms with Crippen LogP contribution in [0.3, 0.4) is 0 Å². The van der Waals surface area contributed by atoms with E-state index in [-0.39, 0.29) is 21.4 Å². The summed E-state index contributed by atoms with van der Waals surface area (Å²) in [6.45, 7) is 9.52. The molecule has 1 atom stereocenters. The Morgan fingerprint density at radius 1 is 1.43 bits per heavy atom. The minimum atomic E-state index is -1.09. The highest BCUT2D eigenvalue weighted by Crippen LogP contribution is 2.46. The lowest BCUT2D eigenvalue weighted by atomic mass is 10.0. The lowest BCUT2D eigenvalue weighted by molar-refractivity contribution is -0.0631. The summed E-state index contributed by atoms with van der Waals surface area (Å²) in [5.41, 5.74) is -0.847. The molecular weight excluding hydrogens is 292 g/mol. The average molecular weight is 312 g/mol. The average Bonchev–Trinajstić information content (AvgIpc) is 2.44. The number of rotatable bonds is 3. The number of carboxylic acids is 1. The number of H-pyrrole nitrogens is 1. The van der Waals surface area contributed by atoms with Crippen LogP contribution in [0.15, 0.2) is 9.82 Å². The molecule has 0 saturated carbocycles. The van der Waals surface area contributed by atoms with E-state index >= 15 is 0 Å². The third-order valence-corrected chi connectivity index (χ3v) is 5.08. The van der Waals surface area contributed by atoms with Gasteiger partial charge in [0.15, 0.2) is 0 Å². The molecular formula is C14H20N2O4S. The van der Waals surface area contributed by atoms with E-state index in [0.717, 1.165) is 6.42 Å². The number of hydrogen-bond donors (Lipinski definition) is 2. The Bertz CT molecular complexity index is 636. The van der Waals surface area contributed by atoms with Crippen molar-refractivity contribution < 1.29 is 14.6 Å². The van der Waals surface area contributed by atoms with Crippen LogP contribution in [0, 0.1) is 6.92 Å². The third-order valence-electron chi connectivity index (χ3n) is 3.55. The number of nitrogens with zero attached hydrogens (tertiary/aromatic N) is 1. The Morgan fingerprint density at radius 2 is 2.05 bits per heavy atom. The summed E-state index contributed by atoms with van der Waals surface area (Å²) in [6, 6.07) is 0. The molecule has 1 aromatic rings. The molecule has 1 aliphatic heterocycles. The SMILES string of the molecule is Cc1[nH]c(=O)nc(SC2CC(C)(C)OC2(C)C)c1C(=O)O. The Balaban J connectivity index is 2.40. The summed E-state index contributed by atoms with van der Waals surface area (Å²) < 4.78 is 6.00. The van der Waals surface area contributed by atoms with E-state index in [1.165, 1.54) is 11.8 Å². The quantitative estimate of drug-likeness (QED) is 0.831. The Morgan fingerprint density at radius 3 is 2.52 bits per heavy atom. The number of nitrogens with one attached hydrogen (secondary N) is 1. The molecule has 2 N–H and O–H groups in total. The second-order valence-corrected chi connectivity index (χ2v) is 7.62. The molecule has 1 unspecified atom stereocenters. The molecule has 0 radical (unpaired) electrons. The standard InChI is InChI=1S/C14H20N2O4S/c1-7-9(11(17)18)10(16-12(19)15-7)21-8-6-13(2,3)20-14(8,4)5/h8H,6H2,1-5H3,(H,17,18)(H,15,16,19). The van der Waals surface area contributed by atoms with Crippen LogP contribution in [0.4, 0.5) is 0 Å². The molecule has 0 aliphatic carbocycles.